The van der Waals surface area contributed by atoms with Gasteiger partial charge in [-0.2, -0.15) is 8.42 Å². The number of nitrogens with zero attached hydrogens (tertiary/aromatic N) is 1. The summed E-state index contributed by atoms with van der Waals surface area (Å²) >= 11 is 6.20. The molecule has 1 aliphatic heterocycles. The third kappa shape index (κ3) is 3.40. The molecule has 8 heteroatoms. The highest BCUT2D eigenvalue weighted by Crippen LogP contribution is 2.28. The molecule has 0 spiro atoms. The first kappa shape index (κ1) is 12.9. The summed E-state index contributed by atoms with van der Waals surface area (Å²) in [4.78, 5) is 12.8. The zero-order chi connectivity index (χ0) is 11.6. The Hall–Kier alpha value is -0.180. The van der Waals surface area contributed by atoms with E-state index in [1.54, 1.807) is 0 Å². The molecule has 1 rings (SSSR count). The summed E-state index contributed by atoms with van der Waals surface area (Å²) in [6, 6.07) is 0. The summed E-state index contributed by atoms with van der Waals surface area (Å²) in [5.74, 6) is -0.647. The van der Waals surface area contributed by atoms with Crippen LogP contribution in [0, 0.1) is 0 Å². The molecule has 0 saturated carbocycles. The van der Waals surface area contributed by atoms with Gasteiger partial charge in [-0.1, -0.05) is 30.9 Å². The zero-order valence-corrected chi connectivity index (χ0v) is 10.5. The van der Waals surface area contributed by atoms with Crippen LogP contribution in [0.2, 0.25) is 0 Å². The highest BCUT2D eigenvalue weighted by atomic mass is 32.2. The fourth-order valence-electron chi connectivity index (χ4n) is 1.17. The van der Waals surface area contributed by atoms with Crippen LogP contribution in [0.15, 0.2) is 0 Å². The van der Waals surface area contributed by atoms with Crippen LogP contribution in [0.3, 0.4) is 0 Å². The van der Waals surface area contributed by atoms with Crippen molar-refractivity contribution in [2.75, 3.05) is 12.3 Å². The molecule has 1 saturated heterocycles. The molecule has 5 nitrogen and oxygen atoms in total. The number of rotatable bonds is 4. The second kappa shape index (κ2) is 4.77. The molecule has 1 N–H and O–H groups in total. The van der Waals surface area contributed by atoms with Crippen LogP contribution in [0.25, 0.3) is 0 Å². The first-order valence-electron chi connectivity index (χ1n) is 4.32. The Bertz CT molecular complexity index is 378. The van der Waals surface area contributed by atoms with Gasteiger partial charge in [-0.3, -0.25) is 14.2 Å². The quantitative estimate of drug-likeness (QED) is 0.592. The van der Waals surface area contributed by atoms with Crippen molar-refractivity contribution in [2.24, 2.45) is 0 Å². The molecule has 0 bridgehead atoms. The molecule has 1 fully saturated rings. The molecule has 1 amide bonds. The maximum atomic E-state index is 11.6. The maximum absolute atomic E-state index is 11.6. The van der Waals surface area contributed by atoms with Crippen molar-refractivity contribution < 1.29 is 17.8 Å². The summed E-state index contributed by atoms with van der Waals surface area (Å²) < 4.78 is 30.0. The Labute approximate surface area is 98.0 Å². The fraction of sp³-hybridized carbons (Fsp3) is 0.714. The molecule has 1 atom stereocenters. The summed E-state index contributed by atoms with van der Waals surface area (Å²) in [6.45, 7) is 1.80. The van der Waals surface area contributed by atoms with Crippen LogP contribution in [0.5, 0.6) is 0 Å². The number of hydrogen-bond acceptors (Lipinski definition) is 5. The molecule has 15 heavy (non-hydrogen) atoms. The molecule has 0 aliphatic carbocycles. The molecular weight excluding hydrogens is 258 g/mol. The molecule has 0 radical (unpaired) electrons. The van der Waals surface area contributed by atoms with Gasteiger partial charge in [-0.25, -0.2) is 0 Å². The number of thiocarbonyl (C=S) groups is 1. The number of hydrogen-bond donors (Lipinski definition) is 1. The van der Waals surface area contributed by atoms with E-state index in [9.17, 15) is 13.2 Å². The summed E-state index contributed by atoms with van der Waals surface area (Å²) in [6.07, 6.45) is 0.659. The van der Waals surface area contributed by atoms with Gasteiger partial charge in [-0.05, 0) is 6.42 Å². The lowest BCUT2D eigenvalue weighted by Gasteiger charge is -2.13. The Kier molecular flexibility index (Phi) is 4.10. The third-order valence-electron chi connectivity index (χ3n) is 1.95. The van der Waals surface area contributed by atoms with Crippen LogP contribution < -0.4 is 0 Å². The van der Waals surface area contributed by atoms with Crippen molar-refractivity contribution in [1.82, 2.24) is 4.90 Å². The van der Waals surface area contributed by atoms with Crippen molar-refractivity contribution in [3.05, 3.63) is 0 Å². The molecule has 0 aromatic heterocycles. The van der Waals surface area contributed by atoms with Crippen LogP contribution >= 0.6 is 24.0 Å². The van der Waals surface area contributed by atoms with E-state index in [0.717, 1.165) is 0 Å². The Morgan fingerprint density at radius 2 is 2.20 bits per heavy atom. The van der Waals surface area contributed by atoms with Crippen molar-refractivity contribution in [1.29, 1.82) is 0 Å². The monoisotopic (exact) mass is 269 g/mol. The van der Waals surface area contributed by atoms with Gasteiger partial charge in [0.05, 0.1) is 11.0 Å². The topological polar surface area (TPSA) is 74.7 Å². The molecule has 1 heterocycles. The van der Waals surface area contributed by atoms with E-state index < -0.39 is 15.9 Å². The lowest BCUT2D eigenvalue weighted by Crippen LogP contribution is -2.35. The Morgan fingerprint density at radius 1 is 1.60 bits per heavy atom. The van der Waals surface area contributed by atoms with Crippen molar-refractivity contribution >= 4 is 44.3 Å². The fourth-order valence-corrected chi connectivity index (χ4v) is 3.06. The summed E-state index contributed by atoms with van der Waals surface area (Å²) in [7, 11) is -4.05. The highest BCUT2D eigenvalue weighted by molar-refractivity contribution is 8.24. The van der Waals surface area contributed by atoms with Gasteiger partial charge in [-0.15, -0.1) is 0 Å². The van der Waals surface area contributed by atoms with Gasteiger partial charge >= 0.3 is 0 Å². The van der Waals surface area contributed by atoms with Gasteiger partial charge in [0.1, 0.15) is 4.32 Å². The number of thioether (sulfide) groups is 1. The van der Waals surface area contributed by atoms with Crippen molar-refractivity contribution in [3.8, 4) is 0 Å². The van der Waals surface area contributed by atoms with Gasteiger partial charge < -0.3 is 0 Å². The Balaban J connectivity index is 2.63. The molecular formula is C7H11NO4S3. The van der Waals surface area contributed by atoms with E-state index in [4.69, 9.17) is 16.8 Å². The molecule has 1 unspecified atom stereocenters. The smallest absolute Gasteiger partial charge is 0.266 e. The standard InChI is InChI=1S/C7H11NO4S3/c1-2-5-6(9)8(7(13)14-5)3-4-15(10,11)12/h5H,2-4H2,1H3,(H,10,11,12). The van der Waals surface area contributed by atoms with Crippen molar-refractivity contribution in [3.63, 3.8) is 0 Å². The van der Waals surface area contributed by atoms with Gasteiger partial charge in [0.25, 0.3) is 10.1 Å². The SMILES string of the molecule is CCC1SC(=S)N(CCS(=O)(=O)O)C1=O. The van der Waals surface area contributed by atoms with E-state index in [1.165, 1.54) is 16.7 Å². The highest BCUT2D eigenvalue weighted by Gasteiger charge is 2.35. The minimum absolute atomic E-state index is 0.0694. The second-order valence-electron chi connectivity index (χ2n) is 3.06. The summed E-state index contributed by atoms with van der Waals surface area (Å²) in [5, 5.41) is -0.209. The zero-order valence-electron chi connectivity index (χ0n) is 8.04. The van der Waals surface area contributed by atoms with Crippen LogP contribution in [-0.4, -0.2) is 45.6 Å². The average molecular weight is 269 g/mol. The number of amides is 1. The van der Waals surface area contributed by atoms with Gasteiger partial charge in [0, 0.05) is 6.54 Å². The average Bonchev–Trinajstić information content (AvgIpc) is 2.37. The van der Waals surface area contributed by atoms with Gasteiger partial charge in [0.15, 0.2) is 0 Å². The number of carbonyl (C=O) groups is 1. The van der Waals surface area contributed by atoms with E-state index in [0.29, 0.717) is 10.7 Å². The molecule has 1 aliphatic rings. The van der Waals surface area contributed by atoms with E-state index >= 15 is 0 Å². The maximum Gasteiger partial charge on any atom is 0.266 e. The largest absolute Gasteiger partial charge is 0.296 e. The molecule has 86 valence electrons. The third-order valence-corrected chi connectivity index (χ3v) is 4.40. The lowest BCUT2D eigenvalue weighted by atomic mass is 10.3. The van der Waals surface area contributed by atoms with E-state index in [1.807, 2.05) is 6.92 Å². The predicted molar refractivity (Wildman–Crippen MR) is 62.4 cm³/mol. The Morgan fingerprint density at radius 3 is 2.60 bits per heavy atom. The van der Waals surface area contributed by atoms with E-state index in [2.05, 4.69) is 0 Å². The number of carbonyl (C=O) groups excluding carboxylic acids is 1. The lowest BCUT2D eigenvalue weighted by molar-refractivity contribution is -0.125. The minimum Gasteiger partial charge on any atom is -0.296 e. The summed E-state index contributed by atoms with van der Waals surface area (Å²) in [5.41, 5.74) is 0. The van der Waals surface area contributed by atoms with Crippen LogP contribution in [0.4, 0.5) is 0 Å². The normalized spacial score (nSPS) is 22.5. The second-order valence-corrected chi connectivity index (χ2v) is 6.47. The van der Waals surface area contributed by atoms with Crippen LogP contribution in [-0.2, 0) is 14.9 Å². The van der Waals surface area contributed by atoms with Crippen LogP contribution in [0.1, 0.15) is 13.3 Å². The first-order chi connectivity index (χ1) is 6.85. The first-order valence-corrected chi connectivity index (χ1v) is 7.22. The van der Waals surface area contributed by atoms with Crippen molar-refractivity contribution in [2.45, 2.75) is 18.6 Å². The molecule has 0 aromatic rings. The van der Waals surface area contributed by atoms with E-state index in [-0.39, 0.29) is 17.7 Å². The van der Waals surface area contributed by atoms with Gasteiger partial charge in [0.2, 0.25) is 5.91 Å². The molecule has 0 aromatic carbocycles. The predicted octanol–water partition coefficient (Wildman–Crippen LogP) is 0.513. The minimum atomic E-state index is -4.05.